The lowest BCUT2D eigenvalue weighted by Crippen LogP contribution is -2.20. The van der Waals surface area contributed by atoms with Crippen LogP contribution in [0.1, 0.15) is 5.56 Å². The van der Waals surface area contributed by atoms with Gasteiger partial charge in [0.2, 0.25) is 5.91 Å². The SMILES string of the molecule is O=C(O)/C=C/C(=O)NCc1cccc(-c2ccccc2)c1. The first-order valence-electron chi connectivity index (χ1n) is 6.48. The third-order valence-corrected chi connectivity index (χ3v) is 2.88. The van der Waals surface area contributed by atoms with Crippen molar-refractivity contribution in [2.45, 2.75) is 6.54 Å². The van der Waals surface area contributed by atoms with Gasteiger partial charge in [0.05, 0.1) is 0 Å². The number of hydrogen-bond acceptors (Lipinski definition) is 2. The molecular weight excluding hydrogens is 266 g/mol. The van der Waals surface area contributed by atoms with E-state index in [4.69, 9.17) is 5.11 Å². The molecule has 1 amide bonds. The average molecular weight is 281 g/mol. The highest BCUT2D eigenvalue weighted by atomic mass is 16.4. The largest absolute Gasteiger partial charge is 0.478 e. The maximum Gasteiger partial charge on any atom is 0.328 e. The number of aliphatic carboxylic acids is 1. The second-order valence-electron chi connectivity index (χ2n) is 4.46. The van der Waals surface area contributed by atoms with Gasteiger partial charge in [-0.15, -0.1) is 0 Å². The Kier molecular flexibility index (Phi) is 4.88. The van der Waals surface area contributed by atoms with Gasteiger partial charge in [-0.2, -0.15) is 0 Å². The quantitative estimate of drug-likeness (QED) is 0.828. The Morgan fingerprint density at radius 1 is 0.952 bits per heavy atom. The highest BCUT2D eigenvalue weighted by molar-refractivity contribution is 5.93. The standard InChI is InChI=1S/C17H15NO3/c19-16(9-10-17(20)21)18-12-13-5-4-8-15(11-13)14-6-2-1-3-7-14/h1-11H,12H2,(H,18,19)(H,20,21)/b10-9+. The summed E-state index contributed by atoms with van der Waals surface area (Å²) in [4.78, 5) is 21.7. The molecular formula is C17H15NO3. The minimum absolute atomic E-state index is 0.351. The smallest absolute Gasteiger partial charge is 0.328 e. The van der Waals surface area contributed by atoms with Crippen molar-refractivity contribution in [3.8, 4) is 11.1 Å². The summed E-state index contributed by atoms with van der Waals surface area (Å²) in [5, 5.41) is 11.1. The van der Waals surface area contributed by atoms with Crippen molar-refractivity contribution in [3.63, 3.8) is 0 Å². The van der Waals surface area contributed by atoms with Crippen molar-refractivity contribution in [1.82, 2.24) is 5.32 Å². The summed E-state index contributed by atoms with van der Waals surface area (Å²) in [5.41, 5.74) is 3.13. The predicted molar refractivity (Wildman–Crippen MR) is 80.5 cm³/mol. The van der Waals surface area contributed by atoms with E-state index < -0.39 is 11.9 Å². The molecule has 2 N–H and O–H groups in total. The second kappa shape index (κ2) is 7.05. The Bertz CT molecular complexity index is 663. The van der Waals surface area contributed by atoms with Crippen LogP contribution in [0.2, 0.25) is 0 Å². The van der Waals surface area contributed by atoms with Gasteiger partial charge in [0, 0.05) is 18.7 Å². The van der Waals surface area contributed by atoms with E-state index in [9.17, 15) is 9.59 Å². The van der Waals surface area contributed by atoms with Crippen molar-refractivity contribution in [3.05, 3.63) is 72.3 Å². The predicted octanol–water partition coefficient (Wildman–Crippen LogP) is 2.61. The molecule has 4 nitrogen and oxygen atoms in total. The van der Waals surface area contributed by atoms with Crippen LogP contribution >= 0.6 is 0 Å². The average Bonchev–Trinajstić information content (AvgIpc) is 2.52. The Hall–Kier alpha value is -2.88. The number of benzene rings is 2. The van der Waals surface area contributed by atoms with E-state index in [1.807, 2.05) is 54.6 Å². The molecule has 0 radical (unpaired) electrons. The van der Waals surface area contributed by atoms with Crippen molar-refractivity contribution >= 4 is 11.9 Å². The molecule has 4 heteroatoms. The summed E-state index contributed by atoms with van der Waals surface area (Å²) >= 11 is 0. The molecule has 21 heavy (non-hydrogen) atoms. The monoisotopic (exact) mass is 281 g/mol. The fourth-order valence-electron chi connectivity index (χ4n) is 1.89. The number of hydrogen-bond donors (Lipinski definition) is 2. The minimum Gasteiger partial charge on any atom is -0.478 e. The highest BCUT2D eigenvalue weighted by Crippen LogP contribution is 2.19. The number of carbonyl (C=O) groups excluding carboxylic acids is 1. The molecule has 0 bridgehead atoms. The third kappa shape index (κ3) is 4.62. The van der Waals surface area contributed by atoms with Gasteiger partial charge in [-0.1, -0.05) is 48.5 Å². The van der Waals surface area contributed by atoms with Crippen molar-refractivity contribution in [1.29, 1.82) is 0 Å². The Morgan fingerprint density at radius 2 is 1.67 bits per heavy atom. The van der Waals surface area contributed by atoms with Gasteiger partial charge in [0.15, 0.2) is 0 Å². The van der Waals surface area contributed by atoms with E-state index in [-0.39, 0.29) is 0 Å². The Balaban J connectivity index is 2.02. The van der Waals surface area contributed by atoms with E-state index in [2.05, 4.69) is 5.32 Å². The van der Waals surface area contributed by atoms with Gasteiger partial charge in [-0.3, -0.25) is 4.79 Å². The summed E-state index contributed by atoms with van der Waals surface area (Å²) in [6.07, 6.45) is 1.82. The topological polar surface area (TPSA) is 66.4 Å². The lowest BCUT2D eigenvalue weighted by atomic mass is 10.0. The molecule has 0 unspecified atom stereocenters. The molecule has 0 aliphatic rings. The lowest BCUT2D eigenvalue weighted by molar-refractivity contribution is -0.131. The Morgan fingerprint density at radius 3 is 2.38 bits per heavy atom. The molecule has 0 aliphatic carbocycles. The zero-order chi connectivity index (χ0) is 15.1. The summed E-state index contributed by atoms with van der Waals surface area (Å²) < 4.78 is 0. The van der Waals surface area contributed by atoms with E-state index in [1.165, 1.54) is 0 Å². The molecule has 0 spiro atoms. The number of rotatable bonds is 5. The molecule has 2 rings (SSSR count). The van der Waals surface area contributed by atoms with Crippen LogP contribution in [-0.2, 0) is 16.1 Å². The van der Waals surface area contributed by atoms with Crippen LogP contribution in [0, 0.1) is 0 Å². The third-order valence-electron chi connectivity index (χ3n) is 2.88. The normalized spacial score (nSPS) is 10.5. The number of nitrogens with one attached hydrogen (secondary N) is 1. The van der Waals surface area contributed by atoms with Crippen LogP contribution in [0.15, 0.2) is 66.7 Å². The van der Waals surface area contributed by atoms with Crippen molar-refractivity contribution in [2.24, 2.45) is 0 Å². The van der Waals surface area contributed by atoms with Crippen LogP contribution < -0.4 is 5.32 Å². The molecule has 0 aromatic heterocycles. The van der Waals surface area contributed by atoms with E-state index in [0.717, 1.165) is 28.8 Å². The molecule has 0 fully saturated rings. The molecule has 106 valence electrons. The zero-order valence-corrected chi connectivity index (χ0v) is 11.3. The van der Waals surface area contributed by atoms with Gasteiger partial charge < -0.3 is 10.4 Å². The maximum absolute atomic E-state index is 11.4. The summed E-state index contributed by atoms with van der Waals surface area (Å²) in [7, 11) is 0. The minimum atomic E-state index is -1.14. The van der Waals surface area contributed by atoms with Gasteiger partial charge in [-0.25, -0.2) is 4.79 Å². The maximum atomic E-state index is 11.4. The van der Waals surface area contributed by atoms with E-state index in [0.29, 0.717) is 6.54 Å². The van der Waals surface area contributed by atoms with Gasteiger partial charge in [0.1, 0.15) is 0 Å². The van der Waals surface area contributed by atoms with Gasteiger partial charge in [-0.05, 0) is 22.8 Å². The summed E-state index contributed by atoms with van der Waals surface area (Å²) in [6.45, 7) is 0.351. The van der Waals surface area contributed by atoms with Gasteiger partial charge >= 0.3 is 5.97 Å². The number of amides is 1. The fourth-order valence-corrected chi connectivity index (χ4v) is 1.89. The summed E-state index contributed by atoms with van der Waals surface area (Å²) in [5.74, 6) is -1.57. The van der Waals surface area contributed by atoms with Crippen LogP contribution in [-0.4, -0.2) is 17.0 Å². The van der Waals surface area contributed by atoms with Crippen molar-refractivity contribution in [2.75, 3.05) is 0 Å². The first-order valence-corrected chi connectivity index (χ1v) is 6.48. The molecule has 0 heterocycles. The fraction of sp³-hybridized carbons (Fsp3) is 0.0588. The highest BCUT2D eigenvalue weighted by Gasteiger charge is 2.01. The Labute approximate surface area is 122 Å². The number of carbonyl (C=O) groups is 2. The first kappa shape index (κ1) is 14.5. The number of carboxylic acid groups (broad SMARTS) is 1. The lowest BCUT2D eigenvalue weighted by Gasteiger charge is -2.06. The molecule has 2 aromatic rings. The number of carboxylic acids is 1. The molecule has 2 aromatic carbocycles. The molecule has 0 aliphatic heterocycles. The van der Waals surface area contributed by atoms with Crippen molar-refractivity contribution < 1.29 is 14.7 Å². The van der Waals surface area contributed by atoms with E-state index in [1.54, 1.807) is 0 Å². The first-order chi connectivity index (χ1) is 10.1. The summed E-state index contributed by atoms with van der Waals surface area (Å²) in [6, 6.07) is 17.8. The molecule has 0 saturated heterocycles. The van der Waals surface area contributed by atoms with Crippen LogP contribution in [0.4, 0.5) is 0 Å². The van der Waals surface area contributed by atoms with Crippen LogP contribution in [0.3, 0.4) is 0 Å². The van der Waals surface area contributed by atoms with Gasteiger partial charge in [0.25, 0.3) is 0 Å². The van der Waals surface area contributed by atoms with Crippen LogP contribution in [0.25, 0.3) is 11.1 Å². The second-order valence-corrected chi connectivity index (χ2v) is 4.46. The zero-order valence-electron chi connectivity index (χ0n) is 11.3. The molecule has 0 saturated carbocycles. The molecule has 0 atom stereocenters. The van der Waals surface area contributed by atoms with E-state index >= 15 is 0 Å². The van der Waals surface area contributed by atoms with Crippen LogP contribution in [0.5, 0.6) is 0 Å².